The fourth-order valence-corrected chi connectivity index (χ4v) is 0.686. The molecule has 1 saturated heterocycles. The zero-order valence-electron chi connectivity index (χ0n) is 5.88. The molecule has 0 unspecified atom stereocenters. The zero-order chi connectivity index (χ0) is 8.43. The van der Waals surface area contributed by atoms with Gasteiger partial charge in [-0.05, 0) is 0 Å². The lowest BCUT2D eigenvalue weighted by Crippen LogP contribution is -2.58. The molecule has 0 spiro atoms. The summed E-state index contributed by atoms with van der Waals surface area (Å²) >= 11 is 0. The standard InChI is InChI=1S/C5H7N3O3/c1-3(9)8-2-6-4(10)7-5(8)11/h2H2,1H3,(H2,6,7,10,11). The first-order chi connectivity index (χ1) is 5.11. The molecule has 1 heterocycles. The Morgan fingerprint density at radius 2 is 2.18 bits per heavy atom. The van der Waals surface area contributed by atoms with Gasteiger partial charge in [-0.15, -0.1) is 0 Å². The van der Waals surface area contributed by atoms with Gasteiger partial charge in [0.05, 0.1) is 0 Å². The largest absolute Gasteiger partial charge is 0.333 e. The molecule has 2 N–H and O–H groups in total. The molecule has 0 aromatic rings. The predicted molar refractivity (Wildman–Crippen MR) is 34.5 cm³/mol. The van der Waals surface area contributed by atoms with Crippen molar-refractivity contribution in [1.82, 2.24) is 15.5 Å². The summed E-state index contributed by atoms with van der Waals surface area (Å²) in [6.45, 7) is 1.19. The molecule has 0 aromatic heterocycles. The number of nitrogens with zero attached hydrogens (tertiary/aromatic N) is 1. The molecule has 5 amide bonds. The van der Waals surface area contributed by atoms with Crippen LogP contribution in [0.5, 0.6) is 0 Å². The number of hydrogen-bond donors (Lipinski definition) is 2. The molecule has 1 rings (SSSR count). The highest BCUT2D eigenvalue weighted by atomic mass is 16.2. The minimum absolute atomic E-state index is 0.0556. The Labute approximate surface area is 62.5 Å². The van der Waals surface area contributed by atoms with Gasteiger partial charge in [0, 0.05) is 6.92 Å². The molecular weight excluding hydrogens is 150 g/mol. The third-order valence-corrected chi connectivity index (χ3v) is 1.24. The second kappa shape index (κ2) is 2.57. The number of urea groups is 2. The summed E-state index contributed by atoms with van der Waals surface area (Å²) in [5, 5.41) is 4.20. The number of hydrogen-bond acceptors (Lipinski definition) is 3. The second-order valence-electron chi connectivity index (χ2n) is 2.04. The number of carbonyl (C=O) groups is 3. The van der Waals surface area contributed by atoms with Gasteiger partial charge < -0.3 is 5.32 Å². The third-order valence-electron chi connectivity index (χ3n) is 1.24. The molecule has 1 aliphatic rings. The molecule has 0 atom stereocenters. The molecule has 60 valence electrons. The van der Waals surface area contributed by atoms with Crippen molar-refractivity contribution in [1.29, 1.82) is 0 Å². The quantitative estimate of drug-likeness (QED) is 0.484. The molecule has 0 bridgehead atoms. The number of carbonyl (C=O) groups excluding carboxylic acids is 3. The van der Waals surface area contributed by atoms with Gasteiger partial charge in [0.15, 0.2) is 0 Å². The molecule has 1 aliphatic heterocycles. The number of amides is 5. The van der Waals surface area contributed by atoms with Crippen LogP contribution in [0.15, 0.2) is 0 Å². The number of nitrogens with one attached hydrogen (secondary N) is 2. The van der Waals surface area contributed by atoms with Gasteiger partial charge in [0.1, 0.15) is 6.67 Å². The molecular formula is C5H7N3O3. The maximum atomic E-state index is 10.8. The maximum absolute atomic E-state index is 10.8. The van der Waals surface area contributed by atoms with E-state index in [4.69, 9.17) is 0 Å². The summed E-state index contributed by atoms with van der Waals surface area (Å²) in [5.41, 5.74) is 0. The van der Waals surface area contributed by atoms with E-state index in [-0.39, 0.29) is 6.67 Å². The topological polar surface area (TPSA) is 78.5 Å². The van der Waals surface area contributed by atoms with Crippen molar-refractivity contribution in [2.75, 3.05) is 6.67 Å². The minimum Gasteiger partial charge on any atom is -0.320 e. The predicted octanol–water partition coefficient (Wildman–Crippen LogP) is -0.775. The SMILES string of the molecule is CC(=O)N1CNC(=O)NC1=O. The van der Waals surface area contributed by atoms with Crippen molar-refractivity contribution in [2.24, 2.45) is 0 Å². The molecule has 0 aliphatic carbocycles. The normalized spacial score (nSPS) is 17.4. The Morgan fingerprint density at radius 3 is 2.64 bits per heavy atom. The van der Waals surface area contributed by atoms with Crippen LogP contribution in [0.1, 0.15) is 6.92 Å². The van der Waals surface area contributed by atoms with Crippen LogP contribution in [0.4, 0.5) is 9.59 Å². The van der Waals surface area contributed by atoms with Crippen molar-refractivity contribution in [3.63, 3.8) is 0 Å². The highest BCUT2D eigenvalue weighted by Crippen LogP contribution is 1.92. The van der Waals surface area contributed by atoms with Crippen molar-refractivity contribution < 1.29 is 14.4 Å². The molecule has 11 heavy (non-hydrogen) atoms. The van der Waals surface area contributed by atoms with Crippen LogP contribution >= 0.6 is 0 Å². The van der Waals surface area contributed by atoms with E-state index in [0.717, 1.165) is 4.90 Å². The average molecular weight is 157 g/mol. The summed E-state index contributed by atoms with van der Waals surface area (Å²) in [6.07, 6.45) is 0. The first-order valence-electron chi connectivity index (χ1n) is 2.98. The summed E-state index contributed by atoms with van der Waals surface area (Å²) in [6, 6.07) is -1.26. The van der Waals surface area contributed by atoms with Gasteiger partial charge in [0.25, 0.3) is 0 Å². The first kappa shape index (κ1) is 7.52. The third kappa shape index (κ3) is 1.46. The van der Waals surface area contributed by atoms with Crippen LogP contribution in [0.2, 0.25) is 0 Å². The van der Waals surface area contributed by atoms with E-state index in [1.165, 1.54) is 6.92 Å². The Hall–Kier alpha value is -1.59. The summed E-state index contributed by atoms with van der Waals surface area (Å²) < 4.78 is 0. The van der Waals surface area contributed by atoms with Gasteiger partial charge in [-0.1, -0.05) is 0 Å². The second-order valence-corrected chi connectivity index (χ2v) is 2.04. The lowest BCUT2D eigenvalue weighted by atomic mass is 10.5. The molecule has 1 fully saturated rings. The van der Waals surface area contributed by atoms with Crippen LogP contribution < -0.4 is 10.6 Å². The highest BCUT2D eigenvalue weighted by Gasteiger charge is 2.24. The van der Waals surface area contributed by atoms with Crippen molar-refractivity contribution in [2.45, 2.75) is 6.92 Å². The molecule has 0 saturated carbocycles. The molecule has 6 heteroatoms. The first-order valence-corrected chi connectivity index (χ1v) is 2.98. The fourth-order valence-electron chi connectivity index (χ4n) is 0.686. The fraction of sp³-hybridized carbons (Fsp3) is 0.400. The Kier molecular flexibility index (Phi) is 1.75. The average Bonchev–Trinajstić information content (AvgIpc) is 1.85. The van der Waals surface area contributed by atoms with Crippen LogP contribution in [-0.2, 0) is 4.79 Å². The summed E-state index contributed by atoms with van der Waals surface area (Å²) in [7, 11) is 0. The molecule has 6 nitrogen and oxygen atoms in total. The van der Waals surface area contributed by atoms with E-state index >= 15 is 0 Å². The van der Waals surface area contributed by atoms with Gasteiger partial charge in [-0.2, -0.15) is 0 Å². The molecule has 0 radical (unpaired) electrons. The molecule has 0 aromatic carbocycles. The number of rotatable bonds is 0. The lowest BCUT2D eigenvalue weighted by molar-refractivity contribution is -0.126. The van der Waals surface area contributed by atoms with E-state index in [1.807, 2.05) is 5.32 Å². The minimum atomic E-state index is -0.679. The smallest absolute Gasteiger partial charge is 0.320 e. The van der Waals surface area contributed by atoms with Crippen LogP contribution in [0.3, 0.4) is 0 Å². The van der Waals surface area contributed by atoms with E-state index < -0.39 is 18.0 Å². The van der Waals surface area contributed by atoms with Gasteiger partial charge in [-0.25, -0.2) is 14.5 Å². The maximum Gasteiger partial charge on any atom is 0.333 e. The van der Waals surface area contributed by atoms with E-state index in [2.05, 4.69) is 5.32 Å². The Balaban J connectivity index is 2.65. The van der Waals surface area contributed by atoms with Crippen LogP contribution in [0.25, 0.3) is 0 Å². The summed E-state index contributed by atoms with van der Waals surface area (Å²) in [5.74, 6) is -0.400. The van der Waals surface area contributed by atoms with Gasteiger partial charge in [-0.3, -0.25) is 10.1 Å². The van der Waals surface area contributed by atoms with Crippen molar-refractivity contribution in [3.8, 4) is 0 Å². The summed E-state index contributed by atoms with van der Waals surface area (Å²) in [4.78, 5) is 32.8. The number of imide groups is 2. The van der Waals surface area contributed by atoms with Gasteiger partial charge >= 0.3 is 12.1 Å². The van der Waals surface area contributed by atoms with E-state index in [9.17, 15) is 14.4 Å². The van der Waals surface area contributed by atoms with E-state index in [1.54, 1.807) is 0 Å². The monoisotopic (exact) mass is 157 g/mol. The van der Waals surface area contributed by atoms with Gasteiger partial charge in [0.2, 0.25) is 5.91 Å². The van der Waals surface area contributed by atoms with Crippen LogP contribution in [-0.4, -0.2) is 29.5 Å². The van der Waals surface area contributed by atoms with E-state index in [0.29, 0.717) is 0 Å². The zero-order valence-corrected chi connectivity index (χ0v) is 5.88. The van der Waals surface area contributed by atoms with Crippen LogP contribution in [0, 0.1) is 0 Å². The van der Waals surface area contributed by atoms with Crippen molar-refractivity contribution >= 4 is 18.0 Å². The van der Waals surface area contributed by atoms with Crippen molar-refractivity contribution in [3.05, 3.63) is 0 Å². The Morgan fingerprint density at radius 1 is 1.55 bits per heavy atom. The lowest BCUT2D eigenvalue weighted by Gasteiger charge is -2.24. The Bertz CT molecular complexity index is 225. The highest BCUT2D eigenvalue weighted by molar-refractivity contribution is 6.03.